The molecule has 120 valence electrons. The van der Waals surface area contributed by atoms with E-state index in [0.717, 1.165) is 25.3 Å². The standard InChI is InChI=1S/C16H20N6O/c1-11-18-19-20-22(11)14-6-2-4-12(8-14)16(23)21-9-13-5-3-7-17-15(13)10-21/h2,4,6,8,13,15,17H,3,5,7,9-10H2,1H3/t13-,15+/m1/s1. The van der Waals surface area contributed by atoms with Gasteiger partial charge in [0.1, 0.15) is 0 Å². The maximum atomic E-state index is 12.8. The average Bonchev–Trinajstić information content (AvgIpc) is 3.20. The molecule has 0 aliphatic carbocycles. The molecule has 0 unspecified atom stereocenters. The molecule has 2 saturated heterocycles. The van der Waals surface area contributed by atoms with Crippen LogP contribution >= 0.6 is 0 Å². The van der Waals surface area contributed by atoms with Gasteiger partial charge >= 0.3 is 0 Å². The van der Waals surface area contributed by atoms with E-state index in [4.69, 9.17) is 0 Å². The highest BCUT2D eigenvalue weighted by atomic mass is 16.2. The van der Waals surface area contributed by atoms with Crippen LogP contribution in [0.15, 0.2) is 24.3 Å². The van der Waals surface area contributed by atoms with Crippen LogP contribution in [0.2, 0.25) is 0 Å². The Morgan fingerprint density at radius 3 is 3.04 bits per heavy atom. The Hall–Kier alpha value is -2.28. The quantitative estimate of drug-likeness (QED) is 0.887. The van der Waals surface area contributed by atoms with Crippen LogP contribution in [0.1, 0.15) is 29.0 Å². The number of fused-ring (bicyclic) bond motifs is 1. The zero-order valence-electron chi connectivity index (χ0n) is 13.1. The van der Waals surface area contributed by atoms with Crippen molar-refractivity contribution in [3.63, 3.8) is 0 Å². The second-order valence-corrected chi connectivity index (χ2v) is 6.36. The summed E-state index contributed by atoms with van der Waals surface area (Å²) in [6.07, 6.45) is 2.42. The largest absolute Gasteiger partial charge is 0.337 e. The summed E-state index contributed by atoms with van der Waals surface area (Å²) in [5.41, 5.74) is 1.50. The predicted molar refractivity (Wildman–Crippen MR) is 84.3 cm³/mol. The van der Waals surface area contributed by atoms with Crippen LogP contribution in [0.5, 0.6) is 0 Å². The van der Waals surface area contributed by atoms with Gasteiger partial charge in [0.15, 0.2) is 5.82 Å². The number of carbonyl (C=O) groups is 1. The van der Waals surface area contributed by atoms with Gasteiger partial charge in [0.25, 0.3) is 5.91 Å². The summed E-state index contributed by atoms with van der Waals surface area (Å²) in [5, 5.41) is 15.0. The number of rotatable bonds is 2. The minimum atomic E-state index is 0.0915. The lowest BCUT2D eigenvalue weighted by Gasteiger charge is -2.24. The van der Waals surface area contributed by atoms with Crippen LogP contribution in [-0.4, -0.2) is 56.7 Å². The number of piperidine rings is 1. The van der Waals surface area contributed by atoms with Gasteiger partial charge in [-0.1, -0.05) is 6.07 Å². The number of carbonyl (C=O) groups excluding carboxylic acids is 1. The fourth-order valence-corrected chi connectivity index (χ4v) is 3.64. The van der Waals surface area contributed by atoms with Gasteiger partial charge < -0.3 is 10.2 Å². The number of hydrogen-bond donors (Lipinski definition) is 1. The van der Waals surface area contributed by atoms with E-state index in [1.165, 1.54) is 12.8 Å². The van der Waals surface area contributed by atoms with Crippen molar-refractivity contribution in [2.45, 2.75) is 25.8 Å². The van der Waals surface area contributed by atoms with E-state index >= 15 is 0 Å². The number of hydrogen-bond acceptors (Lipinski definition) is 5. The number of aromatic nitrogens is 4. The molecule has 1 amide bonds. The third-order valence-corrected chi connectivity index (χ3v) is 4.85. The molecule has 23 heavy (non-hydrogen) atoms. The summed E-state index contributed by atoms with van der Waals surface area (Å²) >= 11 is 0. The Kier molecular flexibility index (Phi) is 3.57. The van der Waals surface area contributed by atoms with Crippen molar-refractivity contribution in [1.29, 1.82) is 0 Å². The monoisotopic (exact) mass is 312 g/mol. The Balaban J connectivity index is 1.56. The van der Waals surface area contributed by atoms with Crippen molar-refractivity contribution in [2.75, 3.05) is 19.6 Å². The van der Waals surface area contributed by atoms with Crippen LogP contribution < -0.4 is 5.32 Å². The first-order valence-electron chi connectivity index (χ1n) is 8.10. The van der Waals surface area contributed by atoms with Crippen LogP contribution in [0.4, 0.5) is 0 Å². The zero-order valence-corrected chi connectivity index (χ0v) is 13.1. The summed E-state index contributed by atoms with van der Waals surface area (Å²) in [6.45, 7) is 4.56. The summed E-state index contributed by atoms with van der Waals surface area (Å²) < 4.78 is 1.64. The van der Waals surface area contributed by atoms with E-state index < -0.39 is 0 Å². The molecule has 2 aliphatic heterocycles. The van der Waals surface area contributed by atoms with Crippen LogP contribution in [0.25, 0.3) is 5.69 Å². The lowest BCUT2D eigenvalue weighted by Crippen LogP contribution is -2.41. The molecule has 0 saturated carbocycles. The molecular formula is C16H20N6O. The first kappa shape index (κ1) is 14.3. The maximum Gasteiger partial charge on any atom is 0.253 e. The smallest absolute Gasteiger partial charge is 0.253 e. The van der Waals surface area contributed by atoms with E-state index in [1.807, 2.05) is 36.1 Å². The Morgan fingerprint density at radius 1 is 1.35 bits per heavy atom. The second-order valence-electron chi connectivity index (χ2n) is 6.36. The van der Waals surface area contributed by atoms with E-state index in [0.29, 0.717) is 23.3 Å². The fourth-order valence-electron chi connectivity index (χ4n) is 3.64. The molecule has 7 heteroatoms. The third-order valence-electron chi connectivity index (χ3n) is 4.85. The molecule has 1 aromatic heterocycles. The first-order valence-corrected chi connectivity index (χ1v) is 8.10. The fraction of sp³-hybridized carbons (Fsp3) is 0.500. The van der Waals surface area contributed by atoms with Crippen LogP contribution in [0.3, 0.4) is 0 Å². The highest BCUT2D eigenvalue weighted by molar-refractivity contribution is 5.95. The molecule has 7 nitrogen and oxygen atoms in total. The van der Waals surface area contributed by atoms with Gasteiger partial charge in [-0.25, -0.2) is 0 Å². The van der Waals surface area contributed by atoms with Crippen molar-refractivity contribution < 1.29 is 4.79 Å². The summed E-state index contributed by atoms with van der Waals surface area (Å²) in [5.74, 6) is 1.39. The molecule has 2 aliphatic rings. The highest BCUT2D eigenvalue weighted by Gasteiger charge is 2.36. The zero-order chi connectivity index (χ0) is 15.8. The van der Waals surface area contributed by atoms with Gasteiger partial charge in [0.2, 0.25) is 0 Å². The van der Waals surface area contributed by atoms with E-state index in [2.05, 4.69) is 20.8 Å². The Morgan fingerprint density at radius 2 is 2.26 bits per heavy atom. The summed E-state index contributed by atoms with van der Waals surface area (Å²) in [6, 6.07) is 7.97. The normalized spacial score (nSPS) is 23.8. The number of nitrogens with zero attached hydrogens (tertiary/aromatic N) is 5. The number of amides is 1. The van der Waals surface area contributed by atoms with Gasteiger partial charge in [-0.05, 0) is 60.9 Å². The number of aryl methyl sites for hydroxylation is 1. The van der Waals surface area contributed by atoms with Gasteiger partial charge in [-0.3, -0.25) is 4.79 Å². The molecule has 1 N–H and O–H groups in total. The number of tetrazole rings is 1. The molecule has 0 bridgehead atoms. The van der Waals surface area contributed by atoms with E-state index in [9.17, 15) is 4.79 Å². The number of nitrogens with one attached hydrogen (secondary N) is 1. The van der Waals surface area contributed by atoms with E-state index in [-0.39, 0.29) is 5.91 Å². The van der Waals surface area contributed by atoms with Crippen molar-refractivity contribution >= 4 is 5.91 Å². The molecule has 2 atom stereocenters. The van der Waals surface area contributed by atoms with Gasteiger partial charge in [-0.15, -0.1) is 5.10 Å². The maximum absolute atomic E-state index is 12.8. The second kappa shape index (κ2) is 5.73. The van der Waals surface area contributed by atoms with Gasteiger partial charge in [-0.2, -0.15) is 4.68 Å². The predicted octanol–water partition coefficient (Wildman–Crippen LogP) is 0.795. The van der Waals surface area contributed by atoms with Crippen molar-refractivity contribution in [2.24, 2.45) is 5.92 Å². The molecule has 2 aromatic rings. The molecule has 4 rings (SSSR count). The number of likely N-dealkylation sites (tertiary alicyclic amines) is 1. The van der Waals surface area contributed by atoms with Crippen LogP contribution in [-0.2, 0) is 0 Å². The lowest BCUT2D eigenvalue weighted by molar-refractivity contribution is 0.0785. The van der Waals surface area contributed by atoms with Crippen LogP contribution in [0, 0.1) is 12.8 Å². The van der Waals surface area contributed by atoms with Crippen molar-refractivity contribution in [3.8, 4) is 5.69 Å². The number of benzene rings is 1. The SMILES string of the molecule is Cc1nnnn1-c1cccc(C(=O)N2C[C@H]3CCCN[C@H]3C2)c1. The topological polar surface area (TPSA) is 75.9 Å². The van der Waals surface area contributed by atoms with Gasteiger partial charge in [0, 0.05) is 24.7 Å². The molecule has 2 fully saturated rings. The molecular weight excluding hydrogens is 292 g/mol. The minimum absolute atomic E-state index is 0.0915. The molecule has 0 radical (unpaired) electrons. The Labute approximate surface area is 134 Å². The van der Waals surface area contributed by atoms with E-state index in [1.54, 1.807) is 4.68 Å². The lowest BCUT2D eigenvalue weighted by atomic mass is 9.94. The average molecular weight is 312 g/mol. The highest BCUT2D eigenvalue weighted by Crippen LogP contribution is 2.26. The summed E-state index contributed by atoms with van der Waals surface area (Å²) in [7, 11) is 0. The van der Waals surface area contributed by atoms with Crippen molar-refractivity contribution in [1.82, 2.24) is 30.4 Å². The molecule has 1 aromatic carbocycles. The third kappa shape index (κ3) is 2.61. The molecule has 3 heterocycles. The summed E-state index contributed by atoms with van der Waals surface area (Å²) in [4.78, 5) is 14.8. The van der Waals surface area contributed by atoms with Crippen molar-refractivity contribution in [3.05, 3.63) is 35.7 Å². The minimum Gasteiger partial charge on any atom is -0.337 e. The van der Waals surface area contributed by atoms with Gasteiger partial charge in [0.05, 0.1) is 5.69 Å². The Bertz CT molecular complexity index is 713. The molecule has 0 spiro atoms. The first-order chi connectivity index (χ1) is 11.2.